The van der Waals surface area contributed by atoms with Crippen LogP contribution in [-0.4, -0.2) is 49.8 Å². The minimum absolute atomic E-state index is 0.158. The highest BCUT2D eigenvalue weighted by Gasteiger charge is 2.44. The van der Waals surface area contributed by atoms with Gasteiger partial charge in [-0.1, -0.05) is 25.1 Å². The van der Waals surface area contributed by atoms with E-state index in [9.17, 15) is 20.3 Å². The highest BCUT2D eigenvalue weighted by molar-refractivity contribution is 7.20. The van der Waals surface area contributed by atoms with Crippen molar-refractivity contribution >= 4 is 27.7 Å². The first-order chi connectivity index (χ1) is 20.7. The molecule has 2 aliphatic rings. The SMILES string of the molecule is CCC(O)Cn1c(CN2CCC(C3OC(C)(c4ccc(C#N)cc4F)Oc4ccccc43)CC2)nc2sc(C(=O)O)cc21. The molecule has 4 heterocycles. The van der Waals surface area contributed by atoms with E-state index >= 15 is 4.39 Å². The molecule has 1 fully saturated rings. The van der Waals surface area contributed by atoms with Crippen molar-refractivity contribution in [1.29, 1.82) is 5.26 Å². The summed E-state index contributed by atoms with van der Waals surface area (Å²) in [5.41, 5.74) is 2.15. The summed E-state index contributed by atoms with van der Waals surface area (Å²) in [5.74, 6) is -1.27. The fourth-order valence-corrected chi connectivity index (χ4v) is 7.01. The number of carbonyl (C=O) groups is 1. The number of carboxylic acid groups (broad SMARTS) is 1. The first-order valence-corrected chi connectivity index (χ1v) is 15.3. The van der Waals surface area contributed by atoms with Crippen molar-refractivity contribution in [3.05, 3.63) is 81.7 Å². The number of ether oxygens (including phenoxy) is 2. The number of aromatic carboxylic acids is 1. The molecule has 3 atom stereocenters. The number of nitrogens with zero attached hydrogens (tertiary/aromatic N) is 4. The molecule has 43 heavy (non-hydrogen) atoms. The lowest BCUT2D eigenvalue weighted by molar-refractivity contribution is -0.243. The van der Waals surface area contributed by atoms with E-state index in [-0.39, 0.29) is 28.0 Å². The number of fused-ring (bicyclic) bond motifs is 2. The molecule has 224 valence electrons. The monoisotopic (exact) mass is 604 g/mol. The number of piperidine rings is 1. The number of aliphatic hydroxyl groups is 1. The molecule has 0 bridgehead atoms. The number of imidazole rings is 1. The van der Waals surface area contributed by atoms with Gasteiger partial charge in [-0.15, -0.1) is 11.3 Å². The van der Waals surface area contributed by atoms with Gasteiger partial charge in [0.2, 0.25) is 5.79 Å². The lowest BCUT2D eigenvalue weighted by atomic mass is 9.85. The van der Waals surface area contributed by atoms with Gasteiger partial charge in [0.05, 0.1) is 48.0 Å². The number of halogens is 1. The topological polar surface area (TPSA) is 121 Å². The van der Waals surface area contributed by atoms with Crippen molar-refractivity contribution in [1.82, 2.24) is 14.5 Å². The molecule has 0 radical (unpaired) electrons. The van der Waals surface area contributed by atoms with Crippen molar-refractivity contribution < 1.29 is 28.9 Å². The summed E-state index contributed by atoms with van der Waals surface area (Å²) in [7, 11) is 0. The molecule has 11 heteroatoms. The molecule has 0 aliphatic carbocycles. The molecule has 6 rings (SSSR count). The van der Waals surface area contributed by atoms with Crippen molar-refractivity contribution in [2.24, 2.45) is 5.92 Å². The second-order valence-corrected chi connectivity index (χ2v) is 12.4. The highest BCUT2D eigenvalue weighted by Crippen LogP contribution is 2.48. The Morgan fingerprint density at radius 1 is 1.26 bits per heavy atom. The maximum atomic E-state index is 15.2. The third kappa shape index (κ3) is 5.63. The Labute approximate surface area is 252 Å². The Morgan fingerprint density at radius 3 is 2.72 bits per heavy atom. The zero-order valence-electron chi connectivity index (χ0n) is 24.0. The van der Waals surface area contributed by atoms with E-state index in [0.717, 1.165) is 54.2 Å². The van der Waals surface area contributed by atoms with Crippen LogP contribution in [0.2, 0.25) is 0 Å². The summed E-state index contributed by atoms with van der Waals surface area (Å²) in [6, 6.07) is 15.7. The molecule has 4 aromatic rings. The molecule has 0 amide bonds. The van der Waals surface area contributed by atoms with Crippen LogP contribution in [0.15, 0.2) is 48.5 Å². The number of hydrogen-bond donors (Lipinski definition) is 2. The molecule has 2 N–H and O–H groups in total. The summed E-state index contributed by atoms with van der Waals surface area (Å²) in [6.07, 6.45) is 1.38. The summed E-state index contributed by atoms with van der Waals surface area (Å²) in [4.78, 5) is 19.5. The second-order valence-electron chi connectivity index (χ2n) is 11.4. The van der Waals surface area contributed by atoms with E-state index in [1.54, 1.807) is 25.1 Å². The first-order valence-electron chi connectivity index (χ1n) is 14.5. The van der Waals surface area contributed by atoms with Crippen molar-refractivity contribution in [2.45, 2.75) is 64.2 Å². The maximum Gasteiger partial charge on any atom is 0.346 e. The Bertz CT molecular complexity index is 1710. The van der Waals surface area contributed by atoms with Gasteiger partial charge in [-0.2, -0.15) is 5.26 Å². The minimum atomic E-state index is -1.36. The van der Waals surface area contributed by atoms with Crippen LogP contribution >= 0.6 is 11.3 Å². The van der Waals surface area contributed by atoms with Gasteiger partial charge in [-0.25, -0.2) is 14.2 Å². The smallest absolute Gasteiger partial charge is 0.346 e. The zero-order valence-corrected chi connectivity index (χ0v) is 24.8. The number of aliphatic hydroxyl groups excluding tert-OH is 1. The average molecular weight is 605 g/mol. The fourth-order valence-electron chi connectivity index (χ4n) is 6.12. The van der Waals surface area contributed by atoms with Gasteiger partial charge in [0.25, 0.3) is 0 Å². The predicted molar refractivity (Wildman–Crippen MR) is 158 cm³/mol. The number of aromatic nitrogens is 2. The Hall–Kier alpha value is -3.82. The molecular formula is C32H33FN4O5S. The summed E-state index contributed by atoms with van der Waals surface area (Å²) in [5, 5.41) is 29.1. The van der Waals surface area contributed by atoms with Crippen LogP contribution in [0.3, 0.4) is 0 Å². The molecule has 0 spiro atoms. The summed E-state index contributed by atoms with van der Waals surface area (Å²) < 4.78 is 30.0. The van der Waals surface area contributed by atoms with Crippen LogP contribution in [0, 0.1) is 23.1 Å². The van der Waals surface area contributed by atoms with Crippen LogP contribution in [0.25, 0.3) is 10.3 Å². The number of para-hydroxylation sites is 1. The summed E-state index contributed by atoms with van der Waals surface area (Å²) >= 11 is 1.15. The van der Waals surface area contributed by atoms with Gasteiger partial charge >= 0.3 is 5.97 Å². The first kappa shape index (κ1) is 29.3. The molecule has 2 aromatic heterocycles. The van der Waals surface area contributed by atoms with Crippen LogP contribution in [0.5, 0.6) is 5.75 Å². The van der Waals surface area contributed by atoms with Crippen LogP contribution in [-0.2, 0) is 23.6 Å². The van der Waals surface area contributed by atoms with Gasteiger partial charge < -0.3 is 24.3 Å². The highest BCUT2D eigenvalue weighted by atomic mass is 32.1. The number of nitriles is 1. The normalized spacial score (nSPS) is 21.7. The van der Waals surface area contributed by atoms with Gasteiger partial charge in [0.15, 0.2) is 0 Å². The standard InChI is InChI=1S/C32H33FN4O5S/c1-3-21(38)17-37-25-15-27(31(39)40)43-30(25)35-28(37)18-36-12-10-20(11-13-36)29-22-6-4-5-7-26(22)41-32(2,42-29)23-9-8-19(16-34)14-24(23)33/h4-9,14-15,20-21,29,38H,3,10-13,17-18H2,1-2H3,(H,39,40). The van der Waals surface area contributed by atoms with Crippen molar-refractivity contribution in [3.63, 3.8) is 0 Å². The molecule has 3 unspecified atom stereocenters. The number of carboxylic acids is 1. The largest absolute Gasteiger partial charge is 0.477 e. The number of likely N-dealkylation sites (tertiary alicyclic amines) is 1. The van der Waals surface area contributed by atoms with Crippen LogP contribution < -0.4 is 4.74 Å². The fraction of sp³-hybridized carbons (Fsp3) is 0.406. The second kappa shape index (κ2) is 11.7. The third-order valence-corrected chi connectivity index (χ3v) is 9.50. The van der Waals surface area contributed by atoms with E-state index in [1.165, 1.54) is 6.07 Å². The van der Waals surface area contributed by atoms with Crippen molar-refractivity contribution in [3.8, 4) is 11.8 Å². The Kier molecular flexibility index (Phi) is 7.96. The zero-order chi connectivity index (χ0) is 30.3. The Balaban J connectivity index is 1.21. The number of thiophene rings is 1. The lowest BCUT2D eigenvalue weighted by Crippen LogP contribution is -2.43. The van der Waals surface area contributed by atoms with E-state index in [1.807, 2.05) is 41.8 Å². The van der Waals surface area contributed by atoms with Gasteiger partial charge in [0, 0.05) is 12.5 Å². The number of hydrogen-bond acceptors (Lipinski definition) is 8. The van der Waals surface area contributed by atoms with E-state index in [4.69, 9.17) is 14.5 Å². The summed E-state index contributed by atoms with van der Waals surface area (Å²) in [6.45, 7) is 6.13. The van der Waals surface area contributed by atoms with Crippen LogP contribution in [0.4, 0.5) is 4.39 Å². The lowest BCUT2D eigenvalue weighted by Gasteiger charge is -2.44. The molecule has 1 saturated heterocycles. The van der Waals surface area contributed by atoms with Crippen molar-refractivity contribution in [2.75, 3.05) is 13.1 Å². The van der Waals surface area contributed by atoms with E-state index in [0.29, 0.717) is 30.1 Å². The average Bonchev–Trinajstić information content (AvgIpc) is 3.55. The molecule has 2 aliphatic heterocycles. The van der Waals surface area contributed by atoms with E-state index in [2.05, 4.69) is 4.90 Å². The number of rotatable bonds is 8. The van der Waals surface area contributed by atoms with Gasteiger partial charge in [-0.05, 0) is 68.6 Å². The predicted octanol–water partition coefficient (Wildman–Crippen LogP) is 5.81. The maximum absolute atomic E-state index is 15.2. The molecule has 9 nitrogen and oxygen atoms in total. The minimum Gasteiger partial charge on any atom is -0.477 e. The molecule has 2 aromatic carbocycles. The van der Waals surface area contributed by atoms with E-state index < -0.39 is 23.7 Å². The van der Waals surface area contributed by atoms with Gasteiger partial charge in [0.1, 0.15) is 27.1 Å². The molecule has 0 saturated carbocycles. The Morgan fingerprint density at radius 2 is 2.02 bits per heavy atom. The van der Waals surface area contributed by atoms with Crippen LogP contribution in [0.1, 0.15) is 71.4 Å². The number of benzene rings is 2. The van der Waals surface area contributed by atoms with Gasteiger partial charge in [-0.3, -0.25) is 4.90 Å². The molecular weight excluding hydrogens is 571 g/mol. The third-order valence-electron chi connectivity index (χ3n) is 8.50. The quantitative estimate of drug-likeness (QED) is 0.258.